The maximum absolute atomic E-state index is 13.3. The first-order valence-electron chi connectivity index (χ1n) is 14.1. The molecule has 1 unspecified atom stereocenters. The van der Waals surface area contributed by atoms with E-state index in [1.807, 2.05) is 82.4 Å². The fourth-order valence-electron chi connectivity index (χ4n) is 5.35. The quantitative estimate of drug-likeness (QED) is 0.233. The van der Waals surface area contributed by atoms with Crippen molar-refractivity contribution < 1.29 is 9.53 Å². The first-order chi connectivity index (χ1) is 20.6. The number of nitrogens with one attached hydrogen (secondary N) is 1. The molecule has 42 heavy (non-hydrogen) atoms. The number of amides is 1. The summed E-state index contributed by atoms with van der Waals surface area (Å²) in [7, 11) is 0. The summed E-state index contributed by atoms with van der Waals surface area (Å²) in [5.41, 5.74) is 10.3. The van der Waals surface area contributed by atoms with E-state index in [0.29, 0.717) is 54.3 Å². The van der Waals surface area contributed by atoms with Gasteiger partial charge in [-0.15, -0.1) is 0 Å². The van der Waals surface area contributed by atoms with Crippen molar-refractivity contribution in [1.82, 2.24) is 30.0 Å². The Kier molecular flexibility index (Phi) is 7.91. The van der Waals surface area contributed by atoms with Crippen LogP contribution in [0.15, 0.2) is 103 Å². The topological polar surface area (TPSA) is 111 Å². The minimum atomic E-state index is -0.0565. The number of aromatic nitrogens is 4. The molecule has 0 saturated carbocycles. The molecule has 0 bridgehead atoms. The van der Waals surface area contributed by atoms with Gasteiger partial charge in [0.15, 0.2) is 5.65 Å². The summed E-state index contributed by atoms with van der Waals surface area (Å²) >= 11 is 0. The molecule has 0 aliphatic carbocycles. The number of anilines is 1. The monoisotopic (exact) mass is 559 g/mol. The van der Waals surface area contributed by atoms with Crippen molar-refractivity contribution in [2.45, 2.75) is 25.4 Å². The van der Waals surface area contributed by atoms with Gasteiger partial charge in [-0.25, -0.2) is 14.6 Å². The molecule has 1 aliphatic rings. The van der Waals surface area contributed by atoms with Gasteiger partial charge in [0.1, 0.15) is 29.3 Å². The summed E-state index contributed by atoms with van der Waals surface area (Å²) in [5, 5.41) is 9.03. The number of likely N-dealkylation sites (tertiary alicyclic amines) is 1. The molecule has 2 aromatic heterocycles. The van der Waals surface area contributed by atoms with Crippen LogP contribution in [0.2, 0.25) is 0 Å². The summed E-state index contributed by atoms with van der Waals surface area (Å²) in [6.07, 6.45) is 3.18. The fourth-order valence-corrected chi connectivity index (χ4v) is 5.35. The minimum absolute atomic E-state index is 0.0416. The Hall–Kier alpha value is -5.02. The lowest BCUT2D eigenvalue weighted by atomic mass is 10.0. The van der Waals surface area contributed by atoms with E-state index in [0.717, 1.165) is 35.5 Å². The van der Waals surface area contributed by atoms with E-state index in [2.05, 4.69) is 34.0 Å². The SMILES string of the molecule is C=C(CNCc1ccccc1)C(=O)N1CCCC(n2nc(-c3ccc(Oc4ccccc4)cc3)c3c(N)ncnc32)C1. The molecule has 9 heteroatoms. The second-order valence-corrected chi connectivity index (χ2v) is 10.4. The van der Waals surface area contributed by atoms with E-state index in [9.17, 15) is 4.79 Å². The molecule has 6 rings (SSSR count). The Bertz CT molecular complexity index is 1680. The average Bonchev–Trinajstić information content (AvgIpc) is 3.43. The minimum Gasteiger partial charge on any atom is -0.457 e. The zero-order valence-electron chi connectivity index (χ0n) is 23.3. The Morgan fingerprint density at radius 2 is 1.69 bits per heavy atom. The Balaban J connectivity index is 1.19. The number of nitrogen functional groups attached to an aromatic ring is 1. The Labute approximate surface area is 244 Å². The van der Waals surface area contributed by atoms with Crippen LogP contribution in [0, 0.1) is 0 Å². The number of carbonyl (C=O) groups is 1. The van der Waals surface area contributed by atoms with E-state index in [1.54, 1.807) is 0 Å². The van der Waals surface area contributed by atoms with Crippen LogP contribution in [0.3, 0.4) is 0 Å². The summed E-state index contributed by atoms with van der Waals surface area (Å²) in [5.74, 6) is 1.81. The summed E-state index contributed by atoms with van der Waals surface area (Å²) in [6.45, 7) is 6.37. The summed E-state index contributed by atoms with van der Waals surface area (Å²) in [4.78, 5) is 24.0. The predicted molar refractivity (Wildman–Crippen MR) is 164 cm³/mol. The van der Waals surface area contributed by atoms with E-state index < -0.39 is 0 Å². The predicted octanol–water partition coefficient (Wildman–Crippen LogP) is 5.38. The van der Waals surface area contributed by atoms with Crippen molar-refractivity contribution in [2.75, 3.05) is 25.4 Å². The molecule has 1 saturated heterocycles. The smallest absolute Gasteiger partial charge is 0.250 e. The molecule has 5 aromatic rings. The molecule has 0 radical (unpaired) electrons. The van der Waals surface area contributed by atoms with Crippen LogP contribution in [0.5, 0.6) is 11.5 Å². The molecule has 0 spiro atoms. The van der Waals surface area contributed by atoms with Crippen LogP contribution in [-0.2, 0) is 11.3 Å². The van der Waals surface area contributed by atoms with Crippen LogP contribution < -0.4 is 15.8 Å². The second kappa shape index (κ2) is 12.2. The lowest BCUT2D eigenvalue weighted by molar-refractivity contribution is -0.128. The molecule has 1 aliphatic heterocycles. The lowest BCUT2D eigenvalue weighted by Gasteiger charge is -2.33. The highest BCUT2D eigenvalue weighted by Crippen LogP contribution is 2.35. The number of hydrogen-bond donors (Lipinski definition) is 2. The molecule has 1 fully saturated rings. The molecule has 212 valence electrons. The summed E-state index contributed by atoms with van der Waals surface area (Å²) < 4.78 is 7.87. The maximum Gasteiger partial charge on any atom is 0.250 e. The Morgan fingerprint density at radius 3 is 2.45 bits per heavy atom. The normalized spacial score (nSPS) is 15.0. The number of benzene rings is 3. The fraction of sp³-hybridized carbons (Fsp3) is 0.212. The molecule has 3 aromatic carbocycles. The molecule has 1 amide bonds. The van der Waals surface area contributed by atoms with Crippen molar-refractivity contribution in [1.29, 1.82) is 0 Å². The van der Waals surface area contributed by atoms with Crippen molar-refractivity contribution in [3.05, 3.63) is 109 Å². The maximum atomic E-state index is 13.3. The molecule has 1 atom stereocenters. The number of ether oxygens (including phenoxy) is 1. The second-order valence-electron chi connectivity index (χ2n) is 10.4. The van der Waals surface area contributed by atoms with Crippen molar-refractivity contribution in [2.24, 2.45) is 0 Å². The molecule has 3 N–H and O–H groups in total. The number of rotatable bonds is 9. The van der Waals surface area contributed by atoms with Gasteiger partial charge in [0.2, 0.25) is 0 Å². The van der Waals surface area contributed by atoms with Gasteiger partial charge in [-0.2, -0.15) is 5.10 Å². The van der Waals surface area contributed by atoms with E-state index >= 15 is 0 Å². The number of nitrogens with two attached hydrogens (primary N) is 1. The van der Waals surface area contributed by atoms with Crippen LogP contribution in [-0.4, -0.2) is 50.2 Å². The van der Waals surface area contributed by atoms with E-state index in [4.69, 9.17) is 15.6 Å². The molecule has 9 nitrogen and oxygen atoms in total. The van der Waals surface area contributed by atoms with Gasteiger partial charge < -0.3 is 20.7 Å². The zero-order chi connectivity index (χ0) is 28.9. The van der Waals surface area contributed by atoms with Crippen LogP contribution in [0.25, 0.3) is 22.3 Å². The van der Waals surface area contributed by atoms with Crippen molar-refractivity contribution >= 4 is 22.8 Å². The number of fused-ring (bicyclic) bond motifs is 1. The highest BCUT2D eigenvalue weighted by Gasteiger charge is 2.29. The third kappa shape index (κ3) is 5.87. The molecule has 3 heterocycles. The standard InChI is InChI=1S/C33H33N7O2/c1-23(19-35-20-24-9-4-2-5-10-24)33(41)39-18-8-11-26(21-39)40-32-29(31(34)36-22-37-32)30(38-40)25-14-16-28(17-15-25)42-27-12-6-3-7-13-27/h2-7,9-10,12-17,22,26,35H,1,8,11,18-21H2,(H2,34,36,37). The first-order valence-corrected chi connectivity index (χ1v) is 14.1. The Morgan fingerprint density at radius 1 is 0.976 bits per heavy atom. The van der Waals surface area contributed by atoms with Crippen molar-refractivity contribution in [3.63, 3.8) is 0 Å². The number of nitrogens with zero attached hydrogens (tertiary/aromatic N) is 5. The number of piperidine rings is 1. The zero-order valence-corrected chi connectivity index (χ0v) is 23.3. The summed E-state index contributed by atoms with van der Waals surface area (Å²) in [6, 6.07) is 27.4. The van der Waals surface area contributed by atoms with Gasteiger partial charge in [0.05, 0.1) is 11.4 Å². The van der Waals surface area contributed by atoms with Gasteiger partial charge >= 0.3 is 0 Å². The third-order valence-corrected chi connectivity index (χ3v) is 7.47. The largest absolute Gasteiger partial charge is 0.457 e. The van der Waals surface area contributed by atoms with Crippen LogP contribution >= 0.6 is 0 Å². The van der Waals surface area contributed by atoms with Crippen molar-refractivity contribution in [3.8, 4) is 22.8 Å². The van der Waals surface area contributed by atoms with Gasteiger partial charge in [0.25, 0.3) is 5.91 Å². The number of para-hydroxylation sites is 1. The van der Waals surface area contributed by atoms with Gasteiger partial charge in [-0.1, -0.05) is 55.1 Å². The highest BCUT2D eigenvalue weighted by molar-refractivity contribution is 5.98. The van der Waals surface area contributed by atoms with Gasteiger partial charge in [0, 0.05) is 37.3 Å². The van der Waals surface area contributed by atoms with Crippen LogP contribution in [0.4, 0.5) is 5.82 Å². The van der Waals surface area contributed by atoms with Crippen LogP contribution in [0.1, 0.15) is 24.4 Å². The number of hydrogen-bond acceptors (Lipinski definition) is 7. The highest BCUT2D eigenvalue weighted by atomic mass is 16.5. The number of carbonyl (C=O) groups excluding carboxylic acids is 1. The van der Waals surface area contributed by atoms with Gasteiger partial charge in [-0.3, -0.25) is 4.79 Å². The average molecular weight is 560 g/mol. The molecular formula is C33H33N7O2. The van der Waals surface area contributed by atoms with E-state index in [-0.39, 0.29) is 11.9 Å². The van der Waals surface area contributed by atoms with Gasteiger partial charge in [-0.05, 0) is 54.8 Å². The van der Waals surface area contributed by atoms with E-state index in [1.165, 1.54) is 6.33 Å². The third-order valence-electron chi connectivity index (χ3n) is 7.47. The molecular weight excluding hydrogens is 526 g/mol. The lowest BCUT2D eigenvalue weighted by Crippen LogP contribution is -2.42. The first kappa shape index (κ1) is 27.2.